The predicted octanol–water partition coefficient (Wildman–Crippen LogP) is 2.80. The Balaban J connectivity index is 2.00. The lowest BCUT2D eigenvalue weighted by Crippen LogP contribution is -2.45. The van der Waals surface area contributed by atoms with E-state index in [9.17, 15) is 10.1 Å². The SMILES string of the molecule is CCN1CCOC(CNc2cc(C)c([N+](=O)[O-])cc2Br)C1. The van der Waals surface area contributed by atoms with E-state index in [-0.39, 0.29) is 16.7 Å². The highest BCUT2D eigenvalue weighted by Crippen LogP contribution is 2.30. The first kappa shape index (κ1) is 16.2. The van der Waals surface area contributed by atoms with Crippen molar-refractivity contribution in [1.29, 1.82) is 0 Å². The van der Waals surface area contributed by atoms with Crippen LogP contribution in [0.2, 0.25) is 0 Å². The number of nitrogens with zero attached hydrogens (tertiary/aromatic N) is 2. The molecule has 1 saturated heterocycles. The zero-order valence-electron chi connectivity index (χ0n) is 12.3. The van der Waals surface area contributed by atoms with Crippen LogP contribution in [0.3, 0.4) is 0 Å². The first-order valence-electron chi connectivity index (χ1n) is 7.03. The number of likely N-dealkylation sites (N-methyl/N-ethyl adjacent to an activating group) is 1. The fourth-order valence-electron chi connectivity index (χ4n) is 2.42. The van der Waals surface area contributed by atoms with Gasteiger partial charge in [0.2, 0.25) is 0 Å². The molecule has 1 aliphatic rings. The van der Waals surface area contributed by atoms with Crippen molar-refractivity contribution >= 4 is 27.3 Å². The summed E-state index contributed by atoms with van der Waals surface area (Å²) in [4.78, 5) is 12.9. The molecule has 21 heavy (non-hydrogen) atoms. The van der Waals surface area contributed by atoms with Gasteiger partial charge < -0.3 is 10.1 Å². The van der Waals surface area contributed by atoms with Gasteiger partial charge >= 0.3 is 0 Å². The topological polar surface area (TPSA) is 67.6 Å². The number of benzene rings is 1. The lowest BCUT2D eigenvalue weighted by Gasteiger charge is -2.32. The van der Waals surface area contributed by atoms with Crippen molar-refractivity contribution in [3.05, 3.63) is 32.3 Å². The molecule has 1 N–H and O–H groups in total. The van der Waals surface area contributed by atoms with Crippen LogP contribution in [0.5, 0.6) is 0 Å². The highest BCUT2D eigenvalue weighted by Gasteiger charge is 2.20. The molecule has 0 saturated carbocycles. The number of nitrogens with one attached hydrogen (secondary N) is 1. The van der Waals surface area contributed by atoms with Gasteiger partial charge in [0.1, 0.15) is 0 Å². The lowest BCUT2D eigenvalue weighted by atomic mass is 10.1. The Morgan fingerprint density at radius 1 is 1.57 bits per heavy atom. The van der Waals surface area contributed by atoms with E-state index < -0.39 is 0 Å². The van der Waals surface area contributed by atoms with Crippen molar-refractivity contribution in [1.82, 2.24) is 4.90 Å². The fraction of sp³-hybridized carbons (Fsp3) is 0.571. The van der Waals surface area contributed by atoms with E-state index in [2.05, 4.69) is 33.1 Å². The monoisotopic (exact) mass is 357 g/mol. The van der Waals surface area contributed by atoms with E-state index in [0.717, 1.165) is 31.9 Å². The van der Waals surface area contributed by atoms with Crippen LogP contribution in [0.1, 0.15) is 12.5 Å². The molecule has 1 unspecified atom stereocenters. The Bertz CT molecular complexity index is 524. The molecule has 0 aromatic heterocycles. The highest BCUT2D eigenvalue weighted by molar-refractivity contribution is 9.10. The summed E-state index contributed by atoms with van der Waals surface area (Å²) in [6.45, 7) is 8.24. The first-order valence-corrected chi connectivity index (χ1v) is 7.83. The quantitative estimate of drug-likeness (QED) is 0.648. The summed E-state index contributed by atoms with van der Waals surface area (Å²) in [7, 11) is 0. The summed E-state index contributed by atoms with van der Waals surface area (Å²) >= 11 is 3.38. The van der Waals surface area contributed by atoms with Gasteiger partial charge in [-0.3, -0.25) is 15.0 Å². The van der Waals surface area contributed by atoms with E-state index in [0.29, 0.717) is 16.6 Å². The molecule has 0 bridgehead atoms. The molecule has 1 aliphatic heterocycles. The molecule has 1 atom stereocenters. The smallest absolute Gasteiger partial charge is 0.273 e. The normalized spacial score (nSPS) is 19.5. The van der Waals surface area contributed by atoms with Crippen LogP contribution in [-0.2, 0) is 4.74 Å². The van der Waals surface area contributed by atoms with Crippen LogP contribution in [-0.4, -0.2) is 48.7 Å². The third-order valence-electron chi connectivity index (χ3n) is 3.67. The fourth-order valence-corrected chi connectivity index (χ4v) is 2.89. The van der Waals surface area contributed by atoms with E-state index in [1.165, 1.54) is 6.07 Å². The van der Waals surface area contributed by atoms with Gasteiger partial charge in [-0.15, -0.1) is 0 Å². The van der Waals surface area contributed by atoms with Crippen molar-refractivity contribution in [3.8, 4) is 0 Å². The first-order chi connectivity index (χ1) is 10.0. The molecule has 1 heterocycles. The molecule has 1 aromatic rings. The van der Waals surface area contributed by atoms with E-state index >= 15 is 0 Å². The molecule has 0 aliphatic carbocycles. The number of rotatable bonds is 5. The summed E-state index contributed by atoms with van der Waals surface area (Å²) in [5.74, 6) is 0. The number of ether oxygens (including phenoxy) is 1. The molecule has 2 rings (SSSR count). The molecular weight excluding hydrogens is 338 g/mol. The second kappa shape index (κ2) is 7.20. The second-order valence-electron chi connectivity index (χ2n) is 5.14. The number of nitro benzene ring substituents is 1. The van der Waals surface area contributed by atoms with Gasteiger partial charge in [-0.2, -0.15) is 0 Å². The summed E-state index contributed by atoms with van der Waals surface area (Å²) < 4.78 is 6.43. The number of aryl methyl sites for hydroxylation is 1. The Morgan fingerprint density at radius 3 is 3.00 bits per heavy atom. The number of nitro groups is 1. The maximum atomic E-state index is 10.9. The van der Waals surface area contributed by atoms with Crippen molar-refractivity contribution in [2.24, 2.45) is 0 Å². The molecule has 116 valence electrons. The van der Waals surface area contributed by atoms with Crippen LogP contribution in [0.25, 0.3) is 0 Å². The van der Waals surface area contributed by atoms with Gasteiger partial charge in [-0.25, -0.2) is 0 Å². The molecule has 1 aromatic carbocycles. The molecule has 0 radical (unpaired) electrons. The number of hydrogen-bond donors (Lipinski definition) is 1. The molecule has 7 heteroatoms. The average Bonchev–Trinajstić information content (AvgIpc) is 2.47. The summed E-state index contributed by atoms with van der Waals surface area (Å²) in [5.41, 5.74) is 1.62. The number of hydrogen-bond acceptors (Lipinski definition) is 5. The molecule has 6 nitrogen and oxygen atoms in total. The Morgan fingerprint density at radius 2 is 2.33 bits per heavy atom. The molecular formula is C14H20BrN3O3. The standard InChI is InChI=1S/C14H20BrN3O3/c1-3-17-4-5-21-11(9-17)8-16-13-6-10(2)14(18(19)20)7-12(13)15/h6-7,11,16H,3-5,8-9H2,1-2H3. The van der Waals surface area contributed by atoms with E-state index in [1.807, 2.05) is 0 Å². The largest absolute Gasteiger partial charge is 0.381 e. The van der Waals surface area contributed by atoms with Gasteiger partial charge in [0.25, 0.3) is 5.69 Å². The van der Waals surface area contributed by atoms with Gasteiger partial charge in [0, 0.05) is 41.4 Å². The van der Waals surface area contributed by atoms with Gasteiger partial charge in [0.05, 0.1) is 17.6 Å². The van der Waals surface area contributed by atoms with Crippen LogP contribution >= 0.6 is 15.9 Å². The van der Waals surface area contributed by atoms with Crippen LogP contribution < -0.4 is 5.32 Å². The number of halogens is 1. The van der Waals surface area contributed by atoms with Crippen molar-refractivity contribution in [2.45, 2.75) is 20.0 Å². The third-order valence-corrected chi connectivity index (χ3v) is 4.33. The minimum absolute atomic E-state index is 0.124. The Labute approximate surface area is 132 Å². The van der Waals surface area contributed by atoms with Crippen molar-refractivity contribution in [2.75, 3.05) is 38.1 Å². The lowest BCUT2D eigenvalue weighted by molar-refractivity contribution is -0.385. The summed E-state index contributed by atoms with van der Waals surface area (Å²) in [6, 6.07) is 3.33. The highest BCUT2D eigenvalue weighted by atomic mass is 79.9. The van der Waals surface area contributed by atoms with E-state index in [1.54, 1.807) is 13.0 Å². The van der Waals surface area contributed by atoms with Crippen LogP contribution in [0, 0.1) is 17.0 Å². The predicted molar refractivity (Wildman–Crippen MR) is 85.9 cm³/mol. The zero-order valence-corrected chi connectivity index (χ0v) is 13.9. The average molecular weight is 358 g/mol. The van der Waals surface area contributed by atoms with Crippen molar-refractivity contribution < 1.29 is 9.66 Å². The Hall–Kier alpha value is -1.18. The summed E-state index contributed by atoms with van der Waals surface area (Å²) in [5, 5.41) is 14.2. The Kier molecular flexibility index (Phi) is 5.55. The van der Waals surface area contributed by atoms with Crippen LogP contribution in [0.4, 0.5) is 11.4 Å². The van der Waals surface area contributed by atoms with Gasteiger partial charge in [0.15, 0.2) is 0 Å². The van der Waals surface area contributed by atoms with Gasteiger partial charge in [-0.05, 0) is 35.5 Å². The van der Waals surface area contributed by atoms with Crippen molar-refractivity contribution in [3.63, 3.8) is 0 Å². The van der Waals surface area contributed by atoms with E-state index in [4.69, 9.17) is 4.74 Å². The minimum Gasteiger partial charge on any atom is -0.381 e. The minimum atomic E-state index is -0.368. The summed E-state index contributed by atoms with van der Waals surface area (Å²) in [6.07, 6.45) is 0.140. The third kappa shape index (κ3) is 4.15. The molecule has 0 amide bonds. The number of morpholine rings is 1. The molecule has 1 fully saturated rings. The second-order valence-corrected chi connectivity index (χ2v) is 6.00. The number of anilines is 1. The van der Waals surface area contributed by atoms with Crippen LogP contribution in [0.15, 0.2) is 16.6 Å². The molecule has 0 spiro atoms. The maximum Gasteiger partial charge on any atom is 0.273 e. The van der Waals surface area contributed by atoms with Gasteiger partial charge in [-0.1, -0.05) is 6.92 Å². The maximum absolute atomic E-state index is 10.9. The zero-order chi connectivity index (χ0) is 15.4.